The number of carbonyl (C=O) groups is 2. The predicted molar refractivity (Wildman–Crippen MR) is 138 cm³/mol. The van der Waals surface area contributed by atoms with Crippen LogP contribution in [-0.2, 0) is 14.3 Å². The van der Waals surface area contributed by atoms with Crippen molar-refractivity contribution >= 4 is 17.4 Å². The normalized spacial score (nSPS) is 19.8. The van der Waals surface area contributed by atoms with Crippen molar-refractivity contribution in [2.45, 2.75) is 19.4 Å². The van der Waals surface area contributed by atoms with Crippen molar-refractivity contribution in [3.63, 3.8) is 0 Å². The first-order chi connectivity index (χ1) is 18.0. The van der Waals surface area contributed by atoms with E-state index in [9.17, 15) is 14.7 Å². The number of nitrogens with zero attached hydrogens (tertiary/aromatic N) is 2. The minimum absolute atomic E-state index is 0.0488. The molecule has 2 aromatic rings. The lowest BCUT2D eigenvalue weighted by molar-refractivity contribution is -0.140. The third-order valence-electron chi connectivity index (χ3n) is 6.68. The molecule has 9 nitrogen and oxygen atoms in total. The van der Waals surface area contributed by atoms with Gasteiger partial charge in [-0.15, -0.1) is 0 Å². The fourth-order valence-electron chi connectivity index (χ4n) is 4.78. The number of hydrogen-bond acceptors (Lipinski definition) is 8. The van der Waals surface area contributed by atoms with Gasteiger partial charge in [-0.05, 0) is 55.3 Å². The summed E-state index contributed by atoms with van der Waals surface area (Å²) in [7, 11) is 3.09. The van der Waals surface area contributed by atoms with E-state index in [1.165, 1.54) is 7.11 Å². The molecule has 4 rings (SSSR count). The van der Waals surface area contributed by atoms with Crippen molar-refractivity contribution in [3.05, 3.63) is 59.2 Å². The highest BCUT2D eigenvalue weighted by atomic mass is 16.5. The standard InChI is InChI=1S/C28H34N2O7/c1-4-37-22-11-8-20(18-23(22)35-3)25-24(26(31)19-6-9-21(34-2)10-7-19)27(32)28(33)30(25)13-5-12-29-14-16-36-17-15-29/h6-11,18,25,31H,4-5,12-17H2,1-3H3/b26-24-. The molecule has 0 aromatic heterocycles. The van der Waals surface area contributed by atoms with Crippen LogP contribution in [0.1, 0.15) is 30.5 Å². The number of benzene rings is 2. The van der Waals surface area contributed by atoms with E-state index >= 15 is 0 Å². The van der Waals surface area contributed by atoms with Gasteiger partial charge in [0.15, 0.2) is 11.5 Å². The number of rotatable bonds is 10. The first kappa shape index (κ1) is 26.5. The molecule has 9 heteroatoms. The minimum atomic E-state index is -0.767. The van der Waals surface area contributed by atoms with E-state index in [0.717, 1.165) is 19.6 Å². The van der Waals surface area contributed by atoms with Crippen molar-refractivity contribution in [1.82, 2.24) is 9.80 Å². The van der Waals surface area contributed by atoms with Crippen molar-refractivity contribution < 1.29 is 33.6 Å². The zero-order valence-corrected chi connectivity index (χ0v) is 21.6. The second-order valence-corrected chi connectivity index (χ2v) is 8.87. The molecule has 1 atom stereocenters. The van der Waals surface area contributed by atoms with E-state index in [4.69, 9.17) is 18.9 Å². The van der Waals surface area contributed by atoms with Gasteiger partial charge in [-0.3, -0.25) is 14.5 Å². The molecular weight excluding hydrogens is 476 g/mol. The van der Waals surface area contributed by atoms with Gasteiger partial charge in [0.1, 0.15) is 11.5 Å². The van der Waals surface area contributed by atoms with Crippen LogP contribution in [0.25, 0.3) is 5.76 Å². The van der Waals surface area contributed by atoms with Gasteiger partial charge in [0, 0.05) is 31.7 Å². The Labute approximate surface area is 217 Å². The largest absolute Gasteiger partial charge is 0.507 e. The molecular formula is C28H34N2O7. The van der Waals surface area contributed by atoms with Crippen molar-refractivity contribution in [1.29, 1.82) is 0 Å². The van der Waals surface area contributed by atoms with Crippen LogP contribution < -0.4 is 14.2 Å². The second kappa shape index (κ2) is 12.1. The maximum atomic E-state index is 13.3. The second-order valence-electron chi connectivity index (χ2n) is 8.87. The van der Waals surface area contributed by atoms with Gasteiger partial charge in [-0.25, -0.2) is 0 Å². The molecule has 1 N–H and O–H groups in total. The summed E-state index contributed by atoms with van der Waals surface area (Å²) in [5, 5.41) is 11.3. The Bertz CT molecular complexity index is 1140. The summed E-state index contributed by atoms with van der Waals surface area (Å²) in [5.74, 6) is 0.103. The highest BCUT2D eigenvalue weighted by Gasteiger charge is 2.46. The summed E-state index contributed by atoms with van der Waals surface area (Å²) in [6, 6.07) is 11.3. The first-order valence-electron chi connectivity index (χ1n) is 12.5. The average Bonchev–Trinajstić information content (AvgIpc) is 3.18. The zero-order chi connectivity index (χ0) is 26.4. The maximum absolute atomic E-state index is 13.3. The average molecular weight is 511 g/mol. The third kappa shape index (κ3) is 5.73. The number of Topliss-reactive ketones (excluding diaryl/α,β-unsaturated/α-hetero) is 1. The van der Waals surface area contributed by atoms with E-state index < -0.39 is 17.7 Å². The van der Waals surface area contributed by atoms with Gasteiger partial charge >= 0.3 is 0 Å². The number of aliphatic hydroxyl groups is 1. The Morgan fingerprint density at radius 1 is 1.00 bits per heavy atom. The summed E-state index contributed by atoms with van der Waals surface area (Å²) in [4.78, 5) is 30.4. The highest BCUT2D eigenvalue weighted by Crippen LogP contribution is 2.42. The summed E-state index contributed by atoms with van der Waals surface area (Å²) in [6.07, 6.45) is 0.681. The van der Waals surface area contributed by atoms with Crippen LogP contribution >= 0.6 is 0 Å². The molecule has 198 valence electrons. The molecule has 2 aliphatic heterocycles. The van der Waals surface area contributed by atoms with Crippen LogP contribution in [-0.4, -0.2) is 86.8 Å². The number of amides is 1. The van der Waals surface area contributed by atoms with Crippen LogP contribution in [0.3, 0.4) is 0 Å². The van der Waals surface area contributed by atoms with Crippen LogP contribution in [0, 0.1) is 0 Å². The predicted octanol–water partition coefficient (Wildman–Crippen LogP) is 3.25. The van der Waals surface area contributed by atoms with Gasteiger partial charge in [0.05, 0.1) is 45.7 Å². The van der Waals surface area contributed by atoms with Crippen molar-refractivity contribution in [2.24, 2.45) is 0 Å². The number of morpholine rings is 1. The number of likely N-dealkylation sites (tertiary alicyclic amines) is 1. The van der Waals surface area contributed by atoms with E-state index in [0.29, 0.717) is 61.2 Å². The van der Waals surface area contributed by atoms with Gasteiger partial charge in [0.25, 0.3) is 11.7 Å². The van der Waals surface area contributed by atoms with E-state index in [-0.39, 0.29) is 11.3 Å². The topological polar surface area (TPSA) is 97.8 Å². The van der Waals surface area contributed by atoms with Gasteiger partial charge in [-0.1, -0.05) is 6.07 Å². The molecule has 2 aromatic carbocycles. The van der Waals surface area contributed by atoms with Gasteiger partial charge in [-0.2, -0.15) is 0 Å². The van der Waals surface area contributed by atoms with Crippen LogP contribution in [0.2, 0.25) is 0 Å². The molecule has 1 amide bonds. The SMILES string of the molecule is CCOc1ccc(C2/C(=C(/O)c3ccc(OC)cc3)C(=O)C(=O)N2CCCN2CCOCC2)cc1OC. The first-order valence-corrected chi connectivity index (χ1v) is 12.5. The Balaban J connectivity index is 1.71. The number of aliphatic hydroxyl groups excluding tert-OH is 1. The Hall–Kier alpha value is -3.56. The summed E-state index contributed by atoms with van der Waals surface area (Å²) in [5.41, 5.74) is 1.13. The molecule has 0 bridgehead atoms. The van der Waals surface area contributed by atoms with E-state index in [2.05, 4.69) is 4.90 Å². The molecule has 0 spiro atoms. The molecule has 37 heavy (non-hydrogen) atoms. The van der Waals surface area contributed by atoms with Crippen LogP contribution in [0.15, 0.2) is 48.0 Å². The highest BCUT2D eigenvalue weighted by molar-refractivity contribution is 6.46. The summed E-state index contributed by atoms with van der Waals surface area (Å²) in [6.45, 7) is 6.56. The van der Waals surface area contributed by atoms with Crippen molar-refractivity contribution in [2.75, 3.05) is 60.2 Å². The Morgan fingerprint density at radius 2 is 1.73 bits per heavy atom. The van der Waals surface area contributed by atoms with E-state index in [1.807, 2.05) is 6.92 Å². The quantitative estimate of drug-likeness (QED) is 0.296. The summed E-state index contributed by atoms with van der Waals surface area (Å²) < 4.78 is 21.8. The zero-order valence-electron chi connectivity index (χ0n) is 21.6. The Kier molecular flexibility index (Phi) is 8.68. The van der Waals surface area contributed by atoms with Crippen LogP contribution in [0.5, 0.6) is 17.2 Å². The molecule has 2 aliphatic rings. The van der Waals surface area contributed by atoms with Crippen molar-refractivity contribution in [3.8, 4) is 17.2 Å². The van der Waals surface area contributed by atoms with Crippen LogP contribution in [0.4, 0.5) is 0 Å². The molecule has 2 fully saturated rings. The summed E-state index contributed by atoms with van der Waals surface area (Å²) >= 11 is 0. The fourth-order valence-corrected chi connectivity index (χ4v) is 4.78. The molecule has 2 heterocycles. The number of carbonyl (C=O) groups excluding carboxylic acids is 2. The molecule has 1 unspecified atom stereocenters. The monoisotopic (exact) mass is 510 g/mol. The van der Waals surface area contributed by atoms with Gasteiger partial charge in [0.2, 0.25) is 0 Å². The smallest absolute Gasteiger partial charge is 0.295 e. The molecule has 0 radical (unpaired) electrons. The number of methoxy groups -OCH3 is 2. The lowest BCUT2D eigenvalue weighted by Crippen LogP contribution is -2.39. The molecule has 0 saturated carbocycles. The molecule has 2 saturated heterocycles. The number of ketones is 1. The lowest BCUT2D eigenvalue weighted by Gasteiger charge is -2.29. The van der Waals surface area contributed by atoms with Gasteiger partial charge < -0.3 is 29.0 Å². The number of ether oxygens (including phenoxy) is 4. The molecule has 0 aliphatic carbocycles. The minimum Gasteiger partial charge on any atom is -0.507 e. The number of hydrogen-bond donors (Lipinski definition) is 1. The maximum Gasteiger partial charge on any atom is 0.295 e. The Morgan fingerprint density at radius 3 is 2.38 bits per heavy atom. The van der Waals surface area contributed by atoms with E-state index in [1.54, 1.807) is 54.5 Å². The lowest BCUT2D eigenvalue weighted by atomic mass is 9.95. The third-order valence-corrected chi connectivity index (χ3v) is 6.68. The fraction of sp³-hybridized carbons (Fsp3) is 0.429.